The van der Waals surface area contributed by atoms with Crippen LogP contribution in [0.2, 0.25) is 0 Å². The maximum atomic E-state index is 3.71. The summed E-state index contributed by atoms with van der Waals surface area (Å²) >= 11 is 0. The molecule has 0 fully saturated rings. The van der Waals surface area contributed by atoms with E-state index < -0.39 is 0 Å². The predicted molar refractivity (Wildman–Crippen MR) is 89.3 cm³/mol. The fraction of sp³-hybridized carbons (Fsp3) is 0.667. The molecule has 0 spiro atoms. The quantitative estimate of drug-likeness (QED) is 0.770. The first-order valence-electron chi connectivity index (χ1n) is 7.99. The largest absolute Gasteiger partial charge is 0.309 e. The Hall–Kier alpha value is -0.860. The molecule has 114 valence electrons. The van der Waals surface area contributed by atoms with Crippen molar-refractivity contribution in [1.82, 2.24) is 10.2 Å². The Morgan fingerprint density at radius 1 is 1.10 bits per heavy atom. The van der Waals surface area contributed by atoms with Crippen LogP contribution in [-0.4, -0.2) is 31.1 Å². The number of hydrogen-bond acceptors (Lipinski definition) is 2. The molecule has 1 aromatic rings. The van der Waals surface area contributed by atoms with Crippen LogP contribution in [0.4, 0.5) is 0 Å². The van der Waals surface area contributed by atoms with Crippen molar-refractivity contribution >= 4 is 0 Å². The number of hydrogen-bond donors (Lipinski definition) is 1. The van der Waals surface area contributed by atoms with Crippen molar-refractivity contribution in [2.45, 2.75) is 59.5 Å². The first-order valence-corrected chi connectivity index (χ1v) is 7.99. The van der Waals surface area contributed by atoms with Gasteiger partial charge in [0.1, 0.15) is 0 Å². The van der Waals surface area contributed by atoms with Gasteiger partial charge in [0, 0.05) is 18.6 Å². The molecule has 20 heavy (non-hydrogen) atoms. The van der Waals surface area contributed by atoms with Gasteiger partial charge in [0.05, 0.1) is 0 Å². The lowest BCUT2D eigenvalue weighted by atomic mass is 10.00. The second-order valence-electron chi connectivity index (χ2n) is 6.12. The number of rotatable bonds is 8. The summed E-state index contributed by atoms with van der Waals surface area (Å²) in [5, 5.41) is 3.71. The maximum absolute atomic E-state index is 3.71. The Morgan fingerprint density at radius 2 is 1.70 bits per heavy atom. The summed E-state index contributed by atoms with van der Waals surface area (Å²) in [7, 11) is 2.23. The second kappa shape index (κ2) is 8.43. The minimum atomic E-state index is 0.424. The summed E-state index contributed by atoms with van der Waals surface area (Å²) < 4.78 is 0. The van der Waals surface area contributed by atoms with Crippen LogP contribution in [0.25, 0.3) is 0 Å². The van der Waals surface area contributed by atoms with Gasteiger partial charge in [0.2, 0.25) is 0 Å². The topological polar surface area (TPSA) is 15.3 Å². The third kappa shape index (κ3) is 5.26. The van der Waals surface area contributed by atoms with E-state index in [1.54, 1.807) is 0 Å². The van der Waals surface area contributed by atoms with E-state index in [1.807, 2.05) is 0 Å². The van der Waals surface area contributed by atoms with Crippen molar-refractivity contribution in [2.75, 3.05) is 20.1 Å². The molecule has 2 heteroatoms. The van der Waals surface area contributed by atoms with Gasteiger partial charge in [-0.1, -0.05) is 43.2 Å². The minimum Gasteiger partial charge on any atom is -0.309 e. The van der Waals surface area contributed by atoms with Gasteiger partial charge in [-0.2, -0.15) is 0 Å². The van der Waals surface area contributed by atoms with Gasteiger partial charge in [-0.15, -0.1) is 0 Å². The molecule has 1 aromatic carbocycles. The SMILES string of the molecule is CCCNC(CN(C)C(C)CC)c1cc(C)cc(C)c1. The molecule has 2 nitrogen and oxygen atoms in total. The van der Waals surface area contributed by atoms with Gasteiger partial charge in [-0.25, -0.2) is 0 Å². The number of benzene rings is 1. The van der Waals surface area contributed by atoms with E-state index in [4.69, 9.17) is 0 Å². The summed E-state index contributed by atoms with van der Waals surface area (Å²) in [6.07, 6.45) is 2.37. The van der Waals surface area contributed by atoms with Crippen LogP contribution in [-0.2, 0) is 0 Å². The molecule has 0 amide bonds. The predicted octanol–water partition coefficient (Wildman–Crippen LogP) is 4.07. The van der Waals surface area contributed by atoms with Crippen LogP contribution in [0.5, 0.6) is 0 Å². The highest BCUT2D eigenvalue weighted by molar-refractivity contribution is 5.31. The molecule has 0 saturated heterocycles. The number of aryl methyl sites for hydroxylation is 2. The molecule has 1 rings (SSSR count). The summed E-state index contributed by atoms with van der Waals surface area (Å²) in [6.45, 7) is 13.3. The Morgan fingerprint density at radius 3 is 2.20 bits per heavy atom. The monoisotopic (exact) mass is 276 g/mol. The van der Waals surface area contributed by atoms with Crippen molar-refractivity contribution in [2.24, 2.45) is 0 Å². The van der Waals surface area contributed by atoms with E-state index in [-0.39, 0.29) is 0 Å². The zero-order valence-electron chi connectivity index (χ0n) is 14.2. The summed E-state index contributed by atoms with van der Waals surface area (Å²) in [6, 6.07) is 7.95. The molecular formula is C18H32N2. The Bertz CT molecular complexity index is 380. The lowest BCUT2D eigenvalue weighted by Crippen LogP contribution is -2.37. The highest BCUT2D eigenvalue weighted by atomic mass is 15.1. The molecule has 2 unspecified atom stereocenters. The smallest absolute Gasteiger partial charge is 0.0449 e. The van der Waals surface area contributed by atoms with E-state index >= 15 is 0 Å². The normalized spacial score (nSPS) is 14.6. The highest BCUT2D eigenvalue weighted by Gasteiger charge is 2.16. The van der Waals surface area contributed by atoms with Crippen molar-refractivity contribution in [1.29, 1.82) is 0 Å². The van der Waals surface area contributed by atoms with Crippen molar-refractivity contribution < 1.29 is 0 Å². The van der Waals surface area contributed by atoms with Gasteiger partial charge < -0.3 is 10.2 Å². The lowest BCUT2D eigenvalue weighted by Gasteiger charge is -2.29. The van der Waals surface area contributed by atoms with Crippen LogP contribution in [0.15, 0.2) is 18.2 Å². The van der Waals surface area contributed by atoms with Crippen molar-refractivity contribution in [3.05, 3.63) is 34.9 Å². The van der Waals surface area contributed by atoms with Crippen LogP contribution in [0.1, 0.15) is 56.3 Å². The standard InChI is InChI=1S/C18H32N2/c1-7-9-19-18(13-20(6)16(5)8-2)17-11-14(3)10-15(4)12-17/h10-12,16,18-19H,7-9,13H2,1-6H3. The highest BCUT2D eigenvalue weighted by Crippen LogP contribution is 2.19. The molecule has 0 aliphatic rings. The Kier molecular flexibility index (Phi) is 7.25. The second-order valence-corrected chi connectivity index (χ2v) is 6.12. The maximum Gasteiger partial charge on any atom is 0.0449 e. The van der Waals surface area contributed by atoms with E-state index in [2.05, 4.69) is 70.1 Å². The number of nitrogens with zero attached hydrogens (tertiary/aromatic N) is 1. The third-order valence-corrected chi connectivity index (χ3v) is 4.10. The van der Waals surface area contributed by atoms with E-state index in [1.165, 1.54) is 29.5 Å². The van der Waals surface area contributed by atoms with Crippen LogP contribution >= 0.6 is 0 Å². The Labute approximate surface area is 125 Å². The number of likely N-dealkylation sites (N-methyl/N-ethyl adjacent to an activating group) is 1. The molecule has 0 aliphatic carbocycles. The molecule has 0 aliphatic heterocycles. The molecule has 0 saturated carbocycles. The van der Waals surface area contributed by atoms with Gasteiger partial charge in [0.15, 0.2) is 0 Å². The van der Waals surface area contributed by atoms with Gasteiger partial charge >= 0.3 is 0 Å². The minimum absolute atomic E-state index is 0.424. The molecular weight excluding hydrogens is 244 g/mol. The molecule has 2 atom stereocenters. The zero-order chi connectivity index (χ0) is 15.1. The lowest BCUT2D eigenvalue weighted by molar-refractivity contribution is 0.224. The van der Waals surface area contributed by atoms with Gasteiger partial charge in [-0.3, -0.25) is 0 Å². The molecule has 0 aromatic heterocycles. The zero-order valence-corrected chi connectivity index (χ0v) is 14.2. The fourth-order valence-electron chi connectivity index (χ4n) is 2.60. The third-order valence-electron chi connectivity index (χ3n) is 4.10. The molecule has 0 radical (unpaired) electrons. The van der Waals surface area contributed by atoms with Crippen LogP contribution < -0.4 is 5.32 Å². The first-order chi connectivity index (χ1) is 9.47. The summed E-state index contributed by atoms with van der Waals surface area (Å²) in [5.41, 5.74) is 4.13. The van der Waals surface area contributed by atoms with Crippen LogP contribution in [0.3, 0.4) is 0 Å². The average molecular weight is 276 g/mol. The fourth-order valence-corrected chi connectivity index (χ4v) is 2.60. The van der Waals surface area contributed by atoms with E-state index in [9.17, 15) is 0 Å². The molecule has 0 bridgehead atoms. The number of nitrogens with one attached hydrogen (secondary N) is 1. The van der Waals surface area contributed by atoms with E-state index in [0.717, 1.165) is 13.1 Å². The Balaban J connectivity index is 2.87. The first kappa shape index (κ1) is 17.2. The van der Waals surface area contributed by atoms with Gasteiger partial charge in [0.25, 0.3) is 0 Å². The van der Waals surface area contributed by atoms with Crippen molar-refractivity contribution in [3.8, 4) is 0 Å². The average Bonchev–Trinajstić information content (AvgIpc) is 2.41. The summed E-state index contributed by atoms with van der Waals surface area (Å²) in [5.74, 6) is 0. The van der Waals surface area contributed by atoms with Crippen LogP contribution in [0, 0.1) is 13.8 Å². The van der Waals surface area contributed by atoms with Gasteiger partial charge in [-0.05, 0) is 52.8 Å². The molecule has 1 N–H and O–H groups in total. The van der Waals surface area contributed by atoms with E-state index in [0.29, 0.717) is 12.1 Å². The van der Waals surface area contributed by atoms with Crippen molar-refractivity contribution in [3.63, 3.8) is 0 Å². The summed E-state index contributed by atoms with van der Waals surface area (Å²) in [4.78, 5) is 2.46. The molecule has 0 heterocycles.